The molecule has 0 bridgehead atoms. The SMILES string of the molecule is O=C(O)COCCNC(=O)c1cc(Br)cc(Br)c1. The molecule has 18 heavy (non-hydrogen) atoms. The van der Waals surface area contributed by atoms with E-state index in [4.69, 9.17) is 9.84 Å². The molecule has 0 saturated carbocycles. The Balaban J connectivity index is 2.38. The molecule has 1 amide bonds. The van der Waals surface area contributed by atoms with E-state index in [1.54, 1.807) is 12.1 Å². The van der Waals surface area contributed by atoms with Crippen LogP contribution in [0.2, 0.25) is 0 Å². The number of carbonyl (C=O) groups is 2. The van der Waals surface area contributed by atoms with E-state index < -0.39 is 5.97 Å². The van der Waals surface area contributed by atoms with Gasteiger partial charge in [-0.25, -0.2) is 4.79 Å². The van der Waals surface area contributed by atoms with Crippen LogP contribution in [0.5, 0.6) is 0 Å². The van der Waals surface area contributed by atoms with E-state index in [0.717, 1.165) is 8.95 Å². The first kappa shape index (κ1) is 15.1. The van der Waals surface area contributed by atoms with Crippen molar-refractivity contribution in [2.75, 3.05) is 19.8 Å². The number of rotatable bonds is 6. The van der Waals surface area contributed by atoms with E-state index in [1.165, 1.54) is 0 Å². The fourth-order valence-corrected chi connectivity index (χ4v) is 2.48. The van der Waals surface area contributed by atoms with Crippen LogP contribution < -0.4 is 5.32 Å². The minimum atomic E-state index is -1.03. The number of benzene rings is 1. The highest BCUT2D eigenvalue weighted by Gasteiger charge is 2.07. The highest BCUT2D eigenvalue weighted by Crippen LogP contribution is 2.19. The van der Waals surface area contributed by atoms with Crippen molar-refractivity contribution in [1.82, 2.24) is 5.32 Å². The van der Waals surface area contributed by atoms with Crippen molar-refractivity contribution in [3.05, 3.63) is 32.7 Å². The molecule has 0 spiro atoms. The van der Waals surface area contributed by atoms with Gasteiger partial charge in [0.2, 0.25) is 0 Å². The topological polar surface area (TPSA) is 75.6 Å². The molecule has 0 aliphatic heterocycles. The molecule has 0 heterocycles. The Labute approximate surface area is 121 Å². The molecule has 5 nitrogen and oxygen atoms in total. The number of aliphatic carboxylic acids is 1. The summed E-state index contributed by atoms with van der Waals surface area (Å²) in [4.78, 5) is 21.9. The van der Waals surface area contributed by atoms with E-state index >= 15 is 0 Å². The average molecular weight is 381 g/mol. The fourth-order valence-electron chi connectivity index (χ4n) is 1.18. The van der Waals surface area contributed by atoms with Gasteiger partial charge in [-0.05, 0) is 18.2 Å². The third-order valence-corrected chi connectivity index (χ3v) is 2.80. The van der Waals surface area contributed by atoms with Crippen molar-refractivity contribution >= 4 is 43.7 Å². The first-order chi connectivity index (χ1) is 8.49. The van der Waals surface area contributed by atoms with Gasteiger partial charge < -0.3 is 15.2 Å². The maximum Gasteiger partial charge on any atom is 0.329 e. The van der Waals surface area contributed by atoms with Gasteiger partial charge in [0.25, 0.3) is 5.91 Å². The van der Waals surface area contributed by atoms with Gasteiger partial charge in [-0.2, -0.15) is 0 Å². The molecule has 98 valence electrons. The summed E-state index contributed by atoms with van der Waals surface area (Å²) in [5.74, 6) is -1.27. The van der Waals surface area contributed by atoms with Crippen LogP contribution in [-0.2, 0) is 9.53 Å². The van der Waals surface area contributed by atoms with Gasteiger partial charge in [0.15, 0.2) is 0 Å². The zero-order chi connectivity index (χ0) is 13.5. The second-order valence-electron chi connectivity index (χ2n) is 3.36. The Morgan fingerprint density at radius 3 is 2.39 bits per heavy atom. The van der Waals surface area contributed by atoms with Gasteiger partial charge in [0.1, 0.15) is 6.61 Å². The number of carboxylic acids is 1. The normalized spacial score (nSPS) is 10.1. The molecule has 0 unspecified atom stereocenters. The summed E-state index contributed by atoms with van der Waals surface area (Å²) in [6.07, 6.45) is 0. The van der Waals surface area contributed by atoms with E-state index in [2.05, 4.69) is 37.2 Å². The van der Waals surface area contributed by atoms with Crippen molar-refractivity contribution in [1.29, 1.82) is 0 Å². The van der Waals surface area contributed by atoms with E-state index in [-0.39, 0.29) is 25.7 Å². The Kier molecular flexibility index (Phi) is 6.31. The molecule has 0 fully saturated rings. The summed E-state index contributed by atoms with van der Waals surface area (Å²) in [6, 6.07) is 5.21. The molecule has 0 aliphatic carbocycles. The van der Waals surface area contributed by atoms with Gasteiger partial charge in [0.05, 0.1) is 6.61 Å². The molecule has 0 aliphatic rings. The number of hydrogen-bond donors (Lipinski definition) is 2. The smallest absolute Gasteiger partial charge is 0.329 e. The molecule has 0 radical (unpaired) electrons. The molecule has 1 aromatic carbocycles. The number of hydrogen-bond acceptors (Lipinski definition) is 3. The maximum absolute atomic E-state index is 11.7. The molecule has 2 N–H and O–H groups in total. The number of halogens is 2. The Morgan fingerprint density at radius 2 is 1.83 bits per heavy atom. The van der Waals surface area contributed by atoms with E-state index in [9.17, 15) is 9.59 Å². The molecule has 0 aromatic heterocycles. The standard InChI is InChI=1S/C11H11Br2NO4/c12-8-3-7(4-9(13)5-8)11(17)14-1-2-18-6-10(15)16/h3-5H,1-2,6H2,(H,14,17)(H,15,16). The molecule has 0 saturated heterocycles. The lowest BCUT2D eigenvalue weighted by atomic mass is 10.2. The molecule has 7 heteroatoms. The second-order valence-corrected chi connectivity index (χ2v) is 5.19. The van der Waals surface area contributed by atoms with E-state index in [1.807, 2.05) is 6.07 Å². The highest BCUT2D eigenvalue weighted by molar-refractivity contribution is 9.11. The lowest BCUT2D eigenvalue weighted by Gasteiger charge is -2.06. The summed E-state index contributed by atoms with van der Waals surface area (Å²) < 4.78 is 6.39. The molecule has 1 rings (SSSR count). The summed E-state index contributed by atoms with van der Waals surface area (Å²) in [7, 11) is 0. The van der Waals surface area contributed by atoms with Gasteiger partial charge in [-0.15, -0.1) is 0 Å². The minimum absolute atomic E-state index is 0.160. The van der Waals surface area contributed by atoms with Gasteiger partial charge in [0, 0.05) is 21.1 Å². The second kappa shape index (κ2) is 7.50. The van der Waals surface area contributed by atoms with Crippen LogP contribution in [0.4, 0.5) is 0 Å². The molecule has 1 aromatic rings. The maximum atomic E-state index is 11.7. The number of ether oxygens (including phenoxy) is 1. The van der Waals surface area contributed by atoms with Gasteiger partial charge in [-0.3, -0.25) is 4.79 Å². The predicted octanol–water partition coefficient (Wildman–Crippen LogP) is 2.04. The third kappa shape index (κ3) is 5.61. The lowest BCUT2D eigenvalue weighted by molar-refractivity contribution is -0.142. The van der Waals surface area contributed by atoms with Gasteiger partial charge in [-0.1, -0.05) is 31.9 Å². The van der Waals surface area contributed by atoms with Crippen LogP contribution >= 0.6 is 31.9 Å². The Morgan fingerprint density at radius 1 is 1.22 bits per heavy atom. The third-order valence-electron chi connectivity index (χ3n) is 1.88. The van der Waals surface area contributed by atoms with Crippen LogP contribution in [0.3, 0.4) is 0 Å². The number of nitrogens with one attached hydrogen (secondary N) is 1. The van der Waals surface area contributed by atoms with Gasteiger partial charge >= 0.3 is 5.97 Å². The van der Waals surface area contributed by atoms with Crippen LogP contribution in [0, 0.1) is 0 Å². The molecular weight excluding hydrogens is 370 g/mol. The summed E-state index contributed by atoms with van der Waals surface area (Å²) in [5, 5.41) is 11.0. The van der Waals surface area contributed by atoms with Crippen molar-refractivity contribution in [2.24, 2.45) is 0 Å². The molecule has 0 atom stereocenters. The zero-order valence-corrected chi connectivity index (χ0v) is 12.5. The summed E-state index contributed by atoms with van der Waals surface area (Å²) in [5.41, 5.74) is 0.509. The minimum Gasteiger partial charge on any atom is -0.480 e. The largest absolute Gasteiger partial charge is 0.480 e. The number of amides is 1. The van der Waals surface area contributed by atoms with Crippen molar-refractivity contribution in [2.45, 2.75) is 0 Å². The first-order valence-electron chi connectivity index (χ1n) is 5.03. The quantitative estimate of drug-likeness (QED) is 0.740. The van der Waals surface area contributed by atoms with Crippen molar-refractivity contribution < 1.29 is 19.4 Å². The zero-order valence-electron chi connectivity index (χ0n) is 9.28. The number of carbonyl (C=O) groups excluding carboxylic acids is 1. The van der Waals surface area contributed by atoms with Crippen molar-refractivity contribution in [3.8, 4) is 0 Å². The Bertz CT molecular complexity index is 430. The predicted molar refractivity (Wildman–Crippen MR) is 72.6 cm³/mol. The molecular formula is C11H11Br2NO4. The summed E-state index contributed by atoms with van der Waals surface area (Å²) >= 11 is 6.58. The van der Waals surface area contributed by atoms with Crippen LogP contribution in [0.1, 0.15) is 10.4 Å². The van der Waals surface area contributed by atoms with Crippen LogP contribution in [-0.4, -0.2) is 36.7 Å². The number of carboxylic acid groups (broad SMARTS) is 1. The monoisotopic (exact) mass is 379 g/mol. The van der Waals surface area contributed by atoms with E-state index in [0.29, 0.717) is 5.56 Å². The summed E-state index contributed by atoms with van der Waals surface area (Å²) in [6.45, 7) is 0.0573. The first-order valence-corrected chi connectivity index (χ1v) is 6.61. The Hall–Kier alpha value is -0.920. The van der Waals surface area contributed by atoms with Crippen LogP contribution in [0.25, 0.3) is 0 Å². The average Bonchev–Trinajstić information content (AvgIpc) is 2.26. The van der Waals surface area contributed by atoms with Crippen LogP contribution in [0.15, 0.2) is 27.1 Å². The lowest BCUT2D eigenvalue weighted by Crippen LogP contribution is -2.27. The van der Waals surface area contributed by atoms with Crippen molar-refractivity contribution in [3.63, 3.8) is 0 Å². The highest BCUT2D eigenvalue weighted by atomic mass is 79.9. The fraction of sp³-hybridized carbons (Fsp3) is 0.273.